The van der Waals surface area contributed by atoms with Crippen LogP contribution in [-0.4, -0.2) is 35.1 Å². The molecule has 4 nitrogen and oxygen atoms in total. The van der Waals surface area contributed by atoms with Gasteiger partial charge in [-0.15, -0.1) is 0 Å². The highest BCUT2D eigenvalue weighted by molar-refractivity contribution is 6.32. The molecule has 0 aliphatic rings. The van der Waals surface area contributed by atoms with Crippen molar-refractivity contribution in [1.29, 1.82) is 0 Å². The minimum absolute atomic E-state index is 0.0642. The van der Waals surface area contributed by atoms with Crippen LogP contribution >= 0.6 is 11.6 Å². The van der Waals surface area contributed by atoms with E-state index in [1.165, 1.54) is 0 Å². The average Bonchev–Trinajstić information content (AvgIpc) is 2.41. The van der Waals surface area contributed by atoms with Gasteiger partial charge in [0.25, 0.3) is 5.91 Å². The topological polar surface area (TPSA) is 49.8 Å². The summed E-state index contributed by atoms with van der Waals surface area (Å²) in [5.41, 5.74) is 0.713. The zero-order chi connectivity index (χ0) is 15.3. The van der Waals surface area contributed by atoms with Gasteiger partial charge in [-0.25, -0.2) is 0 Å². The Balaban J connectivity index is 2.80. The van der Waals surface area contributed by atoms with E-state index in [1.807, 2.05) is 13.8 Å². The Morgan fingerprint density at radius 1 is 1.35 bits per heavy atom. The van der Waals surface area contributed by atoms with Gasteiger partial charge in [-0.3, -0.25) is 4.79 Å². The van der Waals surface area contributed by atoms with Crippen LogP contribution in [-0.2, 0) is 4.79 Å². The van der Waals surface area contributed by atoms with Crippen molar-refractivity contribution in [3.05, 3.63) is 28.8 Å². The van der Waals surface area contributed by atoms with Gasteiger partial charge in [-0.2, -0.15) is 0 Å². The minimum atomic E-state index is -0.593. The number of ether oxygens (including phenoxy) is 1. The van der Waals surface area contributed by atoms with Gasteiger partial charge in [-0.05, 0) is 45.4 Å². The van der Waals surface area contributed by atoms with Crippen molar-refractivity contribution in [3.63, 3.8) is 0 Å². The molecule has 1 unspecified atom stereocenters. The maximum atomic E-state index is 12.1. The second kappa shape index (κ2) is 7.50. The summed E-state index contributed by atoms with van der Waals surface area (Å²) in [4.78, 5) is 13.8. The molecule has 0 bridgehead atoms. The fourth-order valence-electron chi connectivity index (χ4n) is 1.91. The standard InChI is InChI=1S/C15H22ClNO3/c1-5-17(6-2)15(19)11(4)20-14-8-7-12(10(3)18)9-13(14)16/h7-11,18H,5-6H2,1-4H3/t10-,11?/m1/s1. The first-order chi connectivity index (χ1) is 9.40. The van der Waals surface area contributed by atoms with Gasteiger partial charge in [0, 0.05) is 13.1 Å². The largest absolute Gasteiger partial charge is 0.479 e. The van der Waals surface area contributed by atoms with Crippen molar-refractivity contribution in [2.45, 2.75) is 39.9 Å². The smallest absolute Gasteiger partial charge is 0.263 e. The van der Waals surface area contributed by atoms with Crippen molar-refractivity contribution in [3.8, 4) is 5.75 Å². The van der Waals surface area contributed by atoms with Crippen LogP contribution in [0, 0.1) is 0 Å². The maximum absolute atomic E-state index is 12.1. The van der Waals surface area contributed by atoms with Gasteiger partial charge in [0.05, 0.1) is 11.1 Å². The van der Waals surface area contributed by atoms with Crippen LogP contribution in [0.4, 0.5) is 0 Å². The van der Waals surface area contributed by atoms with Gasteiger partial charge in [0.15, 0.2) is 6.10 Å². The summed E-state index contributed by atoms with van der Waals surface area (Å²) < 4.78 is 5.62. The van der Waals surface area contributed by atoms with Crippen LogP contribution in [0.1, 0.15) is 39.4 Å². The summed E-state index contributed by atoms with van der Waals surface area (Å²) in [6.45, 7) is 8.53. The Labute approximate surface area is 125 Å². The second-order valence-electron chi connectivity index (χ2n) is 4.64. The molecule has 1 N–H and O–H groups in total. The lowest BCUT2D eigenvalue weighted by Crippen LogP contribution is -2.40. The van der Waals surface area contributed by atoms with Gasteiger partial charge < -0.3 is 14.7 Å². The van der Waals surface area contributed by atoms with E-state index in [2.05, 4.69) is 0 Å². The highest BCUT2D eigenvalue weighted by Crippen LogP contribution is 2.28. The van der Waals surface area contributed by atoms with Crippen LogP contribution in [0.25, 0.3) is 0 Å². The zero-order valence-corrected chi connectivity index (χ0v) is 13.1. The van der Waals surface area contributed by atoms with E-state index in [4.69, 9.17) is 16.3 Å². The summed E-state index contributed by atoms with van der Waals surface area (Å²) in [6, 6.07) is 5.06. The molecule has 1 aromatic rings. The van der Waals surface area contributed by atoms with Gasteiger partial charge >= 0.3 is 0 Å². The summed E-state index contributed by atoms with van der Waals surface area (Å²) in [5.74, 6) is 0.384. The molecular weight excluding hydrogens is 278 g/mol. The molecular formula is C15H22ClNO3. The fraction of sp³-hybridized carbons (Fsp3) is 0.533. The number of aliphatic hydroxyl groups is 1. The first kappa shape index (κ1) is 16.8. The number of hydrogen-bond acceptors (Lipinski definition) is 3. The molecule has 5 heteroatoms. The molecule has 0 aromatic heterocycles. The molecule has 0 saturated carbocycles. The Bertz CT molecular complexity index is 458. The number of rotatable bonds is 6. The first-order valence-electron chi connectivity index (χ1n) is 6.83. The molecule has 1 aromatic carbocycles. The van der Waals surface area contributed by atoms with Crippen LogP contribution in [0.5, 0.6) is 5.75 Å². The van der Waals surface area contributed by atoms with Crippen LogP contribution < -0.4 is 4.74 Å². The van der Waals surface area contributed by atoms with Gasteiger partial charge in [-0.1, -0.05) is 17.7 Å². The molecule has 0 aliphatic heterocycles. The monoisotopic (exact) mass is 299 g/mol. The Morgan fingerprint density at radius 2 is 1.95 bits per heavy atom. The predicted octanol–water partition coefficient (Wildman–Crippen LogP) is 3.03. The molecule has 1 rings (SSSR count). The van der Waals surface area contributed by atoms with E-state index in [9.17, 15) is 9.90 Å². The maximum Gasteiger partial charge on any atom is 0.263 e. The van der Waals surface area contributed by atoms with Crippen molar-refractivity contribution in [2.75, 3.05) is 13.1 Å². The quantitative estimate of drug-likeness (QED) is 0.878. The van der Waals surface area contributed by atoms with E-state index in [-0.39, 0.29) is 5.91 Å². The van der Waals surface area contributed by atoms with Crippen molar-refractivity contribution < 1.29 is 14.6 Å². The molecule has 1 amide bonds. The Morgan fingerprint density at radius 3 is 2.40 bits per heavy atom. The highest BCUT2D eigenvalue weighted by Gasteiger charge is 2.20. The lowest BCUT2D eigenvalue weighted by molar-refractivity contribution is -0.137. The first-order valence-corrected chi connectivity index (χ1v) is 7.21. The number of hydrogen-bond donors (Lipinski definition) is 1. The molecule has 2 atom stereocenters. The van der Waals surface area contributed by atoms with Gasteiger partial charge in [0.2, 0.25) is 0 Å². The second-order valence-corrected chi connectivity index (χ2v) is 5.04. The van der Waals surface area contributed by atoms with Crippen molar-refractivity contribution in [1.82, 2.24) is 4.90 Å². The lowest BCUT2D eigenvalue weighted by Gasteiger charge is -2.23. The van der Waals surface area contributed by atoms with Crippen LogP contribution in [0.15, 0.2) is 18.2 Å². The third-order valence-corrected chi connectivity index (χ3v) is 3.46. The number of halogens is 1. The molecule has 0 radical (unpaired) electrons. The third kappa shape index (κ3) is 4.12. The van der Waals surface area contributed by atoms with E-state index in [1.54, 1.807) is 36.9 Å². The fourth-order valence-corrected chi connectivity index (χ4v) is 2.14. The SMILES string of the molecule is CCN(CC)C(=O)C(C)Oc1ccc([C@@H](C)O)cc1Cl. The van der Waals surface area contributed by atoms with E-state index >= 15 is 0 Å². The number of carbonyl (C=O) groups excluding carboxylic acids is 1. The number of likely N-dealkylation sites (N-methyl/N-ethyl adjacent to an activating group) is 1. The van der Waals surface area contributed by atoms with Crippen molar-refractivity contribution >= 4 is 17.5 Å². The number of benzene rings is 1. The zero-order valence-electron chi connectivity index (χ0n) is 12.4. The Hall–Kier alpha value is -1.26. The number of aliphatic hydroxyl groups excluding tert-OH is 1. The van der Waals surface area contributed by atoms with Crippen molar-refractivity contribution in [2.24, 2.45) is 0 Å². The normalized spacial score (nSPS) is 13.7. The molecule has 0 saturated heterocycles. The van der Waals surface area contributed by atoms with Crippen LogP contribution in [0.3, 0.4) is 0 Å². The Kier molecular flexibility index (Phi) is 6.30. The van der Waals surface area contributed by atoms with Gasteiger partial charge in [0.1, 0.15) is 5.75 Å². The molecule has 112 valence electrons. The number of carbonyl (C=O) groups is 1. The third-order valence-electron chi connectivity index (χ3n) is 3.16. The van der Waals surface area contributed by atoms with E-state index in [0.717, 1.165) is 0 Å². The molecule has 0 spiro atoms. The van der Waals surface area contributed by atoms with E-state index < -0.39 is 12.2 Å². The summed E-state index contributed by atoms with van der Waals surface area (Å²) >= 11 is 6.11. The molecule has 0 heterocycles. The number of nitrogens with zero attached hydrogens (tertiary/aromatic N) is 1. The minimum Gasteiger partial charge on any atom is -0.479 e. The molecule has 0 aliphatic carbocycles. The summed E-state index contributed by atoms with van der Waals surface area (Å²) in [7, 11) is 0. The summed E-state index contributed by atoms with van der Waals surface area (Å²) in [6.07, 6.45) is -1.18. The molecule has 20 heavy (non-hydrogen) atoms. The van der Waals surface area contributed by atoms with E-state index in [0.29, 0.717) is 29.4 Å². The highest BCUT2D eigenvalue weighted by atomic mass is 35.5. The molecule has 0 fully saturated rings. The van der Waals surface area contributed by atoms with Crippen LogP contribution in [0.2, 0.25) is 5.02 Å². The average molecular weight is 300 g/mol. The number of amides is 1. The summed E-state index contributed by atoms with van der Waals surface area (Å²) in [5, 5.41) is 9.88. The lowest BCUT2D eigenvalue weighted by atomic mass is 10.1. The predicted molar refractivity (Wildman–Crippen MR) is 80.1 cm³/mol.